The molecule has 0 N–H and O–H groups in total. The van der Waals surface area contributed by atoms with Crippen LogP contribution in [0.2, 0.25) is 0 Å². The van der Waals surface area contributed by atoms with Crippen molar-refractivity contribution < 1.29 is 72.0 Å². The van der Waals surface area contributed by atoms with Crippen LogP contribution in [-0.2, 0) is 72.0 Å². The fourth-order valence-corrected chi connectivity index (χ4v) is 0. The maximum Gasteiger partial charge on any atom is 0 e. The molecule has 0 bridgehead atoms. The molecular formula is H4CrMnMoNiSi. The van der Waals surface area contributed by atoms with Gasteiger partial charge in [0.05, 0.1) is 0 Å². The molecule has 0 fully saturated rings. The predicted octanol–water partition coefficient (Wildman–Crippen LogP) is -1.46. The van der Waals surface area contributed by atoms with Gasteiger partial charge < -0.3 is 0 Å². The fraction of sp³-hybridized carbons (Fsp3) is 0. The van der Waals surface area contributed by atoms with Crippen molar-refractivity contribution in [1.82, 2.24) is 0 Å². The Morgan fingerprint density at radius 2 is 1.00 bits per heavy atom. The van der Waals surface area contributed by atoms with E-state index >= 15 is 0 Å². The first kappa shape index (κ1) is 51.6. The van der Waals surface area contributed by atoms with E-state index in [1.165, 1.54) is 0 Å². The molecule has 0 amide bonds. The van der Waals surface area contributed by atoms with Crippen molar-refractivity contribution in [1.29, 1.82) is 0 Å². The Morgan fingerprint density at radius 1 is 1.00 bits per heavy atom. The van der Waals surface area contributed by atoms with Gasteiger partial charge in [0.1, 0.15) is 0 Å². The summed E-state index contributed by atoms with van der Waals surface area (Å²) in [6, 6.07) is 0. The van der Waals surface area contributed by atoms with Gasteiger partial charge in [0.15, 0.2) is 0 Å². The molecule has 0 atom stereocenters. The van der Waals surface area contributed by atoms with Gasteiger partial charge >= 0.3 is 0 Å². The summed E-state index contributed by atoms with van der Waals surface area (Å²) in [4.78, 5) is 0. The summed E-state index contributed by atoms with van der Waals surface area (Å²) in [7, 11) is 0. The van der Waals surface area contributed by atoms with E-state index in [1.54, 1.807) is 0 Å². The first-order chi connectivity index (χ1) is 0. The summed E-state index contributed by atoms with van der Waals surface area (Å²) in [5.74, 6) is 0. The third-order valence-electron chi connectivity index (χ3n) is 0. The fourth-order valence-electron chi connectivity index (χ4n) is 0. The van der Waals surface area contributed by atoms with Crippen LogP contribution >= 0.6 is 0 Å². The number of hydrogen-bond acceptors (Lipinski definition) is 0. The number of hydrogen-bond donors (Lipinski definition) is 0. The zero-order chi connectivity index (χ0) is 0. The molecule has 0 saturated carbocycles. The van der Waals surface area contributed by atoms with Crippen LogP contribution in [0.25, 0.3) is 0 Å². The van der Waals surface area contributed by atoms with Crippen molar-refractivity contribution in [3.05, 3.63) is 0 Å². The molecule has 0 unspecified atom stereocenters. The zero-order valence-electron chi connectivity index (χ0n) is 1.51. The van der Waals surface area contributed by atoms with Gasteiger partial charge in [-0.25, -0.2) is 0 Å². The van der Waals surface area contributed by atoms with E-state index in [2.05, 4.69) is 0 Å². The first-order valence-electron chi connectivity index (χ1n) is 0. The van der Waals surface area contributed by atoms with E-state index in [4.69, 9.17) is 0 Å². The minimum Gasteiger partial charge on any atom is -0.0149 e. The SMILES string of the molecule is [Cr].[Mn].[Mo].[Ni].[SiH4]. The molecule has 0 aliphatic heterocycles. The van der Waals surface area contributed by atoms with Crippen LogP contribution in [-0.4, -0.2) is 11.0 Å². The third kappa shape index (κ3) is 21.3. The Kier molecular flexibility index (Phi) is 329. The molecule has 5 heteroatoms. The molecule has 5 heavy (non-hydrogen) atoms. The Labute approximate surface area is 82.0 Å². The van der Waals surface area contributed by atoms with Crippen LogP contribution in [0.1, 0.15) is 0 Å². The van der Waals surface area contributed by atoms with Gasteiger partial charge in [-0.3, -0.25) is 0 Å². The molecule has 0 nitrogen and oxygen atoms in total. The third-order valence-corrected chi connectivity index (χ3v) is 0. The summed E-state index contributed by atoms with van der Waals surface area (Å²) < 4.78 is 0. The summed E-state index contributed by atoms with van der Waals surface area (Å²) in [6.45, 7) is 0. The molecule has 1 radical (unpaired) electrons. The van der Waals surface area contributed by atoms with Crippen LogP contribution in [0.5, 0.6) is 0 Å². The van der Waals surface area contributed by atoms with Gasteiger partial charge in [-0.2, -0.15) is 0 Å². The molecule has 0 rings (SSSR count). The van der Waals surface area contributed by atoms with E-state index in [9.17, 15) is 0 Å². The molecule has 0 saturated heterocycles. The molecule has 0 spiro atoms. The van der Waals surface area contributed by atoms with Gasteiger partial charge in [0.2, 0.25) is 0 Å². The van der Waals surface area contributed by atoms with Gasteiger partial charge in [-0.05, 0) is 11.0 Å². The average molecular weight is 294 g/mol. The minimum atomic E-state index is 0. The Bertz CT molecular complexity index is 11.6. The maximum atomic E-state index is 0. The van der Waals surface area contributed by atoms with Crippen LogP contribution in [0.4, 0.5) is 0 Å². The van der Waals surface area contributed by atoms with Crippen LogP contribution in [0, 0.1) is 0 Å². The van der Waals surface area contributed by atoms with Crippen LogP contribution < -0.4 is 0 Å². The quantitative estimate of drug-likeness (QED) is 0.479. The molecule has 0 heterocycles. The molecule has 0 aromatic carbocycles. The molecule has 0 aliphatic rings. The normalized spacial score (nSPS) is 0. The first-order valence-corrected chi connectivity index (χ1v) is 0. The van der Waals surface area contributed by atoms with E-state index in [1.807, 2.05) is 0 Å². The second-order valence-corrected chi connectivity index (χ2v) is 0. The molecule has 0 aromatic heterocycles. The summed E-state index contributed by atoms with van der Waals surface area (Å²) >= 11 is 0. The van der Waals surface area contributed by atoms with Crippen molar-refractivity contribution in [2.45, 2.75) is 0 Å². The standard InChI is InChI=1S/Cr.Mn.Mo.Ni.H4Si/h;;;;1H4. The summed E-state index contributed by atoms with van der Waals surface area (Å²) in [5.41, 5.74) is 0. The van der Waals surface area contributed by atoms with Gasteiger partial charge in [-0.15, -0.1) is 0 Å². The topological polar surface area (TPSA) is 0 Å². The van der Waals surface area contributed by atoms with Crippen molar-refractivity contribution in [3.63, 3.8) is 0 Å². The van der Waals surface area contributed by atoms with E-state index < -0.39 is 0 Å². The molecule has 0 aliphatic carbocycles. The van der Waals surface area contributed by atoms with Crippen LogP contribution in [0.15, 0.2) is 0 Å². The van der Waals surface area contributed by atoms with Crippen molar-refractivity contribution in [3.8, 4) is 0 Å². The van der Waals surface area contributed by atoms with Gasteiger partial charge in [-0.1, -0.05) is 0 Å². The van der Waals surface area contributed by atoms with Gasteiger partial charge in [0, 0.05) is 72.0 Å². The Balaban J connectivity index is 0. The summed E-state index contributed by atoms with van der Waals surface area (Å²) in [5, 5.41) is 0. The van der Waals surface area contributed by atoms with Crippen molar-refractivity contribution in [2.75, 3.05) is 0 Å². The number of rotatable bonds is 0. The minimum absolute atomic E-state index is 0. The molecule has 37 valence electrons. The monoisotopic (exact) mass is 295 g/mol. The summed E-state index contributed by atoms with van der Waals surface area (Å²) in [6.07, 6.45) is 0. The second kappa shape index (κ2) is 31.9. The molecular weight excluding hydrogens is 290 g/mol. The zero-order valence-corrected chi connectivity index (χ0v) is 6.96. The molecule has 0 aromatic rings. The van der Waals surface area contributed by atoms with Crippen molar-refractivity contribution in [2.24, 2.45) is 0 Å². The Hall–Kier alpha value is 2.45. The Morgan fingerprint density at radius 3 is 1.00 bits per heavy atom. The largest absolute Gasteiger partial charge is 0.0149 e. The van der Waals surface area contributed by atoms with Crippen LogP contribution in [0.3, 0.4) is 0 Å². The van der Waals surface area contributed by atoms with Gasteiger partial charge in [0.25, 0.3) is 0 Å². The van der Waals surface area contributed by atoms with Crippen molar-refractivity contribution >= 4 is 11.0 Å². The average Bonchev–Trinajstić information content (AvgIpc) is 0. The smallest absolute Gasteiger partial charge is 0 e. The van der Waals surface area contributed by atoms with E-state index in [0.29, 0.717) is 0 Å². The predicted molar refractivity (Wildman–Crippen MR) is 11.3 cm³/mol. The van der Waals surface area contributed by atoms with E-state index in [-0.39, 0.29) is 83.0 Å². The van der Waals surface area contributed by atoms with E-state index in [0.717, 1.165) is 0 Å². The maximum absolute atomic E-state index is 0. The second-order valence-electron chi connectivity index (χ2n) is 0.